The number of rotatable bonds is 4. The third kappa shape index (κ3) is 3.85. The Morgan fingerprint density at radius 3 is 2.65 bits per heavy atom. The fraction of sp³-hybridized carbons (Fsp3) is 0.214. The highest BCUT2D eigenvalue weighted by Gasteiger charge is 2.33. The quantitative estimate of drug-likeness (QED) is 0.710. The minimum Gasteiger partial charge on any atom is -0.325 e. The van der Waals surface area contributed by atoms with Crippen molar-refractivity contribution >= 4 is 40.0 Å². The highest BCUT2D eigenvalue weighted by Crippen LogP contribution is 2.22. The van der Waals surface area contributed by atoms with E-state index < -0.39 is 18.6 Å². The first-order chi connectivity index (χ1) is 10.9. The maximum absolute atomic E-state index is 12.8. The van der Waals surface area contributed by atoms with Crippen LogP contribution in [0.3, 0.4) is 0 Å². The van der Waals surface area contributed by atoms with E-state index >= 15 is 0 Å². The van der Waals surface area contributed by atoms with Crippen LogP contribution in [0.5, 0.6) is 0 Å². The monoisotopic (exact) mass is 357 g/mol. The molecule has 3 rings (SSSR count). The number of thiophene rings is 1. The Kier molecular flexibility index (Phi) is 4.31. The normalized spacial score (nSPS) is 11.8. The number of amides is 1. The Morgan fingerprint density at radius 1 is 1.17 bits per heavy atom. The van der Waals surface area contributed by atoms with Crippen LogP contribution < -0.4 is 0 Å². The molecule has 0 N–H and O–H groups in total. The molecule has 0 saturated carbocycles. The lowest BCUT2D eigenvalue weighted by Gasteiger charge is -2.23. The van der Waals surface area contributed by atoms with Crippen molar-refractivity contribution in [3.8, 4) is 0 Å². The summed E-state index contributed by atoms with van der Waals surface area (Å²) in [5.74, 6) is -0.677. The molecule has 0 unspecified atom stereocenters. The summed E-state index contributed by atoms with van der Waals surface area (Å²) in [7, 11) is 0. The van der Waals surface area contributed by atoms with Gasteiger partial charge in [-0.2, -0.15) is 33.3 Å². The van der Waals surface area contributed by atoms with Gasteiger partial charge in [0, 0.05) is 12.1 Å². The molecule has 2 aromatic heterocycles. The van der Waals surface area contributed by atoms with Crippen molar-refractivity contribution < 1.29 is 18.0 Å². The average Bonchev–Trinajstić information content (AvgIpc) is 3.14. The first kappa shape index (κ1) is 15.9. The van der Waals surface area contributed by atoms with Gasteiger partial charge >= 0.3 is 6.18 Å². The summed E-state index contributed by atoms with van der Waals surface area (Å²) in [6, 6.07) is 6.23. The molecule has 3 aromatic rings. The van der Waals surface area contributed by atoms with E-state index in [0.29, 0.717) is 16.6 Å². The predicted molar refractivity (Wildman–Crippen MR) is 82.5 cm³/mol. The Labute approximate surface area is 137 Å². The predicted octanol–water partition coefficient (Wildman–Crippen LogP) is 3.96. The zero-order valence-corrected chi connectivity index (χ0v) is 13.2. The summed E-state index contributed by atoms with van der Waals surface area (Å²) < 4.78 is 46.4. The summed E-state index contributed by atoms with van der Waals surface area (Å²) in [4.78, 5) is 13.3. The van der Waals surface area contributed by atoms with E-state index in [1.807, 2.05) is 0 Å². The highest BCUT2D eigenvalue weighted by molar-refractivity contribution is 7.07. The maximum atomic E-state index is 12.8. The number of aromatic nitrogens is 2. The van der Waals surface area contributed by atoms with Crippen LogP contribution in [0.2, 0.25) is 0 Å². The Morgan fingerprint density at radius 2 is 1.96 bits per heavy atom. The van der Waals surface area contributed by atoms with Crippen LogP contribution in [-0.2, 0) is 6.54 Å². The van der Waals surface area contributed by atoms with Gasteiger partial charge in [-0.15, -0.1) is 0 Å². The lowest BCUT2D eigenvalue weighted by atomic mass is 10.1. The van der Waals surface area contributed by atoms with Gasteiger partial charge in [0.05, 0.1) is 11.7 Å². The number of carbonyl (C=O) groups excluding carboxylic acids is 1. The number of hydrogen-bond acceptors (Lipinski definition) is 5. The minimum atomic E-state index is -4.46. The standard InChI is InChI=1S/C14H10F3N3OS2/c15-14(16,17)8-20(6-9-3-4-22-7-9)13(21)10-1-2-11-12(5-10)19-23-18-11/h1-5,7H,6,8H2. The van der Waals surface area contributed by atoms with Crippen LogP contribution in [0, 0.1) is 0 Å². The molecule has 0 saturated heterocycles. The van der Waals surface area contributed by atoms with Gasteiger partial charge in [0.1, 0.15) is 17.6 Å². The molecule has 0 fully saturated rings. The molecular weight excluding hydrogens is 347 g/mol. The summed E-state index contributed by atoms with van der Waals surface area (Å²) in [5.41, 5.74) is 1.96. The Balaban J connectivity index is 1.88. The molecule has 0 radical (unpaired) electrons. The maximum Gasteiger partial charge on any atom is 0.406 e. The third-order valence-electron chi connectivity index (χ3n) is 3.11. The van der Waals surface area contributed by atoms with Crippen molar-refractivity contribution in [2.75, 3.05) is 6.54 Å². The van der Waals surface area contributed by atoms with Gasteiger partial charge in [-0.1, -0.05) is 0 Å². The number of carbonyl (C=O) groups is 1. The van der Waals surface area contributed by atoms with E-state index in [-0.39, 0.29) is 12.1 Å². The molecule has 2 heterocycles. The molecular formula is C14H10F3N3OS2. The van der Waals surface area contributed by atoms with Gasteiger partial charge in [0.2, 0.25) is 0 Å². The lowest BCUT2D eigenvalue weighted by Crippen LogP contribution is -2.38. The van der Waals surface area contributed by atoms with Crippen molar-refractivity contribution in [1.29, 1.82) is 0 Å². The van der Waals surface area contributed by atoms with Crippen LogP contribution in [0.4, 0.5) is 13.2 Å². The largest absolute Gasteiger partial charge is 0.406 e. The average molecular weight is 357 g/mol. The van der Waals surface area contributed by atoms with Gasteiger partial charge in [0.15, 0.2) is 0 Å². The molecule has 120 valence electrons. The molecule has 0 spiro atoms. The first-order valence-electron chi connectivity index (χ1n) is 6.52. The van der Waals surface area contributed by atoms with E-state index in [1.54, 1.807) is 22.9 Å². The van der Waals surface area contributed by atoms with E-state index in [0.717, 1.165) is 16.6 Å². The molecule has 0 atom stereocenters. The fourth-order valence-corrected chi connectivity index (χ4v) is 3.29. The second kappa shape index (κ2) is 6.25. The molecule has 9 heteroatoms. The third-order valence-corrected chi connectivity index (χ3v) is 4.40. The second-order valence-corrected chi connectivity index (χ2v) is 6.18. The molecule has 0 aliphatic rings. The van der Waals surface area contributed by atoms with Gasteiger partial charge in [0.25, 0.3) is 5.91 Å². The molecule has 0 aliphatic heterocycles. The van der Waals surface area contributed by atoms with Crippen LogP contribution >= 0.6 is 23.1 Å². The smallest absolute Gasteiger partial charge is 0.325 e. The number of halogens is 3. The highest BCUT2D eigenvalue weighted by atomic mass is 32.1. The SMILES string of the molecule is O=C(c1ccc2nsnc2c1)N(Cc1ccsc1)CC(F)(F)F. The number of fused-ring (bicyclic) bond motifs is 1. The van der Waals surface area contributed by atoms with Crippen molar-refractivity contribution in [2.45, 2.75) is 12.7 Å². The number of alkyl halides is 3. The molecule has 23 heavy (non-hydrogen) atoms. The summed E-state index contributed by atoms with van der Waals surface area (Å²) in [6.07, 6.45) is -4.46. The molecule has 1 amide bonds. The molecule has 0 bridgehead atoms. The second-order valence-electron chi connectivity index (χ2n) is 4.88. The Hall–Kier alpha value is -2.00. The number of benzene rings is 1. The summed E-state index contributed by atoms with van der Waals surface area (Å²) in [6.45, 7) is -1.38. The van der Waals surface area contributed by atoms with E-state index in [2.05, 4.69) is 8.75 Å². The van der Waals surface area contributed by atoms with Crippen LogP contribution in [0.1, 0.15) is 15.9 Å². The lowest BCUT2D eigenvalue weighted by molar-refractivity contribution is -0.141. The minimum absolute atomic E-state index is 0.0881. The van der Waals surface area contributed by atoms with Crippen molar-refractivity contribution in [3.05, 3.63) is 46.2 Å². The fourth-order valence-electron chi connectivity index (χ4n) is 2.12. The summed E-state index contributed by atoms with van der Waals surface area (Å²) in [5, 5.41) is 3.49. The van der Waals surface area contributed by atoms with E-state index in [1.165, 1.54) is 23.5 Å². The van der Waals surface area contributed by atoms with Gasteiger partial charge < -0.3 is 4.90 Å². The zero-order valence-electron chi connectivity index (χ0n) is 11.6. The molecule has 0 aliphatic carbocycles. The van der Waals surface area contributed by atoms with Crippen molar-refractivity contribution in [2.24, 2.45) is 0 Å². The van der Waals surface area contributed by atoms with Crippen LogP contribution in [0.15, 0.2) is 35.0 Å². The number of hydrogen-bond donors (Lipinski definition) is 0. The summed E-state index contributed by atoms with van der Waals surface area (Å²) >= 11 is 2.37. The van der Waals surface area contributed by atoms with Crippen LogP contribution in [-0.4, -0.2) is 32.3 Å². The van der Waals surface area contributed by atoms with Gasteiger partial charge in [-0.25, -0.2) is 0 Å². The number of nitrogens with zero attached hydrogens (tertiary/aromatic N) is 3. The van der Waals surface area contributed by atoms with Crippen molar-refractivity contribution in [3.63, 3.8) is 0 Å². The van der Waals surface area contributed by atoms with Gasteiger partial charge in [-0.05, 0) is 40.6 Å². The van der Waals surface area contributed by atoms with Gasteiger partial charge in [-0.3, -0.25) is 4.79 Å². The van der Waals surface area contributed by atoms with E-state index in [4.69, 9.17) is 0 Å². The Bertz CT molecular complexity index is 814. The molecule has 4 nitrogen and oxygen atoms in total. The van der Waals surface area contributed by atoms with Crippen LogP contribution in [0.25, 0.3) is 11.0 Å². The first-order valence-corrected chi connectivity index (χ1v) is 8.19. The van der Waals surface area contributed by atoms with E-state index in [9.17, 15) is 18.0 Å². The van der Waals surface area contributed by atoms with Crippen molar-refractivity contribution in [1.82, 2.24) is 13.6 Å². The zero-order chi connectivity index (χ0) is 16.4. The topological polar surface area (TPSA) is 46.1 Å². The molecule has 1 aromatic carbocycles.